The smallest absolute Gasteiger partial charge is 0.339 e. The molecule has 1 aromatic heterocycles. The monoisotopic (exact) mass is 367 g/mol. The Morgan fingerprint density at radius 2 is 1.81 bits per heavy atom. The number of hydrogen-bond donors (Lipinski definition) is 0. The third kappa shape index (κ3) is 4.61. The van der Waals surface area contributed by atoms with Gasteiger partial charge >= 0.3 is 5.97 Å². The molecule has 0 spiro atoms. The lowest BCUT2D eigenvalue weighted by molar-refractivity contribution is 0.0471. The lowest BCUT2D eigenvalue weighted by Gasteiger charge is -2.08. The molecule has 0 saturated carbocycles. The minimum atomic E-state index is -0.520. The number of carbonyl (C=O) groups excluding carboxylic acids is 2. The van der Waals surface area contributed by atoms with Crippen LogP contribution in [0.25, 0.3) is 0 Å². The number of thioether (sulfide) groups is 1. The molecule has 1 heterocycles. The summed E-state index contributed by atoms with van der Waals surface area (Å²) in [6.07, 6.45) is 0. The maximum Gasteiger partial charge on any atom is 0.339 e. The molecule has 132 valence electrons. The van der Waals surface area contributed by atoms with Gasteiger partial charge in [0.1, 0.15) is 5.76 Å². The molecular weight excluding hydrogens is 350 g/mol. The van der Waals surface area contributed by atoms with E-state index in [2.05, 4.69) is 5.16 Å². The van der Waals surface area contributed by atoms with Crippen LogP contribution in [-0.2, 0) is 10.5 Å². The fourth-order valence-corrected chi connectivity index (χ4v) is 3.24. The van der Waals surface area contributed by atoms with Gasteiger partial charge in [0.25, 0.3) is 0 Å². The number of aromatic nitrogens is 1. The molecule has 0 radical (unpaired) electrons. The van der Waals surface area contributed by atoms with Crippen LogP contribution in [0.1, 0.15) is 32.2 Å². The van der Waals surface area contributed by atoms with Gasteiger partial charge < -0.3 is 9.26 Å². The molecule has 0 unspecified atom stereocenters. The Labute approximate surface area is 155 Å². The van der Waals surface area contributed by atoms with Crippen molar-refractivity contribution in [3.63, 3.8) is 0 Å². The first-order valence-corrected chi connectivity index (χ1v) is 9.01. The lowest BCUT2D eigenvalue weighted by atomic mass is 10.1. The first-order valence-electron chi connectivity index (χ1n) is 8.03. The minimum Gasteiger partial charge on any atom is -0.454 e. The number of ketones is 1. The van der Waals surface area contributed by atoms with Crippen molar-refractivity contribution in [3.8, 4) is 0 Å². The van der Waals surface area contributed by atoms with Crippen LogP contribution in [0.15, 0.2) is 70.1 Å². The molecule has 0 aliphatic rings. The van der Waals surface area contributed by atoms with Crippen LogP contribution in [0.3, 0.4) is 0 Å². The highest BCUT2D eigenvalue weighted by Gasteiger charge is 2.15. The van der Waals surface area contributed by atoms with E-state index in [1.807, 2.05) is 31.2 Å². The van der Waals surface area contributed by atoms with Crippen LogP contribution in [0.5, 0.6) is 0 Å². The predicted molar refractivity (Wildman–Crippen MR) is 98.3 cm³/mol. The Hall–Kier alpha value is -2.86. The zero-order valence-corrected chi connectivity index (χ0v) is 15.0. The van der Waals surface area contributed by atoms with Crippen molar-refractivity contribution >= 4 is 23.5 Å². The molecule has 0 N–H and O–H groups in total. The summed E-state index contributed by atoms with van der Waals surface area (Å²) < 4.78 is 10.3. The average Bonchev–Trinajstić information content (AvgIpc) is 3.10. The molecule has 26 heavy (non-hydrogen) atoms. The summed E-state index contributed by atoms with van der Waals surface area (Å²) >= 11 is 1.46. The van der Waals surface area contributed by atoms with E-state index in [-0.39, 0.29) is 12.4 Å². The van der Waals surface area contributed by atoms with Crippen LogP contribution in [-0.4, -0.2) is 23.5 Å². The van der Waals surface area contributed by atoms with Gasteiger partial charge in [0.05, 0.1) is 11.3 Å². The molecule has 0 aliphatic carbocycles. The molecule has 5 nitrogen and oxygen atoms in total. The molecule has 6 heteroatoms. The second kappa shape index (κ2) is 8.49. The zero-order valence-electron chi connectivity index (χ0n) is 14.2. The highest BCUT2D eigenvalue weighted by molar-refractivity contribution is 7.98. The van der Waals surface area contributed by atoms with E-state index in [0.29, 0.717) is 16.9 Å². The molecule has 3 rings (SSSR count). The molecule has 0 aliphatic heterocycles. The summed E-state index contributed by atoms with van der Waals surface area (Å²) in [7, 11) is 0. The molecule has 0 bridgehead atoms. The standard InChI is InChI=1S/C20H17NO4S/c1-14-11-16(21-25-14)13-26-19-10-6-5-9-17(19)20(23)24-12-18(22)15-7-3-2-4-8-15/h2-11H,12-13H2,1H3. The van der Waals surface area contributed by atoms with E-state index in [9.17, 15) is 9.59 Å². The van der Waals surface area contributed by atoms with Gasteiger partial charge in [0, 0.05) is 22.3 Å². The fraction of sp³-hybridized carbons (Fsp3) is 0.150. The number of benzene rings is 2. The largest absolute Gasteiger partial charge is 0.454 e. The number of ether oxygens (including phenoxy) is 1. The van der Waals surface area contributed by atoms with E-state index in [1.54, 1.807) is 36.4 Å². The number of esters is 1. The maximum atomic E-state index is 12.4. The van der Waals surface area contributed by atoms with Crippen molar-refractivity contribution in [3.05, 3.63) is 83.2 Å². The second-order valence-electron chi connectivity index (χ2n) is 5.58. The molecule has 0 amide bonds. The number of rotatable bonds is 7. The van der Waals surface area contributed by atoms with Crippen molar-refractivity contribution < 1.29 is 18.8 Å². The van der Waals surface area contributed by atoms with Gasteiger partial charge in [-0.05, 0) is 19.1 Å². The van der Waals surface area contributed by atoms with E-state index in [0.717, 1.165) is 16.3 Å². The Morgan fingerprint density at radius 1 is 1.08 bits per heavy atom. The van der Waals surface area contributed by atoms with Crippen LogP contribution in [0.2, 0.25) is 0 Å². The summed E-state index contributed by atoms with van der Waals surface area (Å²) in [6.45, 7) is 1.54. The van der Waals surface area contributed by atoms with Gasteiger partial charge in [-0.2, -0.15) is 0 Å². The zero-order chi connectivity index (χ0) is 18.4. The van der Waals surface area contributed by atoms with Crippen molar-refractivity contribution in [1.29, 1.82) is 0 Å². The molecule has 0 fully saturated rings. The van der Waals surface area contributed by atoms with Gasteiger partial charge in [-0.1, -0.05) is 47.6 Å². The van der Waals surface area contributed by atoms with Crippen molar-refractivity contribution in [1.82, 2.24) is 5.16 Å². The quantitative estimate of drug-likeness (QED) is 0.352. The minimum absolute atomic E-state index is 0.234. The van der Waals surface area contributed by atoms with E-state index >= 15 is 0 Å². The fourth-order valence-electron chi connectivity index (χ4n) is 2.32. The summed E-state index contributed by atoms with van der Waals surface area (Å²) in [6, 6.07) is 17.7. The van der Waals surface area contributed by atoms with Crippen molar-refractivity contribution in [2.75, 3.05) is 6.61 Å². The van der Waals surface area contributed by atoms with Crippen LogP contribution in [0.4, 0.5) is 0 Å². The molecule has 0 atom stereocenters. The number of aryl methyl sites for hydroxylation is 1. The van der Waals surface area contributed by atoms with Gasteiger partial charge in [0.2, 0.25) is 0 Å². The number of carbonyl (C=O) groups is 2. The average molecular weight is 367 g/mol. The highest BCUT2D eigenvalue weighted by atomic mass is 32.2. The Bertz CT molecular complexity index is 905. The van der Waals surface area contributed by atoms with E-state index in [1.165, 1.54) is 11.8 Å². The van der Waals surface area contributed by atoms with Crippen LogP contribution >= 0.6 is 11.8 Å². The summed E-state index contributed by atoms with van der Waals surface area (Å²) in [4.78, 5) is 25.2. The molecule has 3 aromatic rings. The first kappa shape index (κ1) is 17.9. The van der Waals surface area contributed by atoms with Gasteiger partial charge in [-0.25, -0.2) is 4.79 Å². The van der Waals surface area contributed by atoms with E-state index < -0.39 is 5.97 Å². The first-order chi connectivity index (χ1) is 12.6. The molecule has 2 aromatic carbocycles. The Balaban J connectivity index is 1.63. The maximum absolute atomic E-state index is 12.4. The second-order valence-corrected chi connectivity index (χ2v) is 6.60. The summed E-state index contributed by atoms with van der Waals surface area (Å²) in [5.74, 6) is 0.563. The van der Waals surface area contributed by atoms with Crippen molar-refractivity contribution in [2.24, 2.45) is 0 Å². The Kier molecular flexibility index (Phi) is 5.86. The molecule has 0 saturated heterocycles. The van der Waals surface area contributed by atoms with Gasteiger partial charge in [-0.3, -0.25) is 4.79 Å². The SMILES string of the molecule is Cc1cc(CSc2ccccc2C(=O)OCC(=O)c2ccccc2)no1. The third-order valence-corrected chi connectivity index (χ3v) is 4.70. The summed E-state index contributed by atoms with van der Waals surface area (Å²) in [5.41, 5.74) is 1.75. The number of hydrogen-bond acceptors (Lipinski definition) is 6. The van der Waals surface area contributed by atoms with Crippen molar-refractivity contribution in [2.45, 2.75) is 17.6 Å². The summed E-state index contributed by atoms with van der Waals surface area (Å²) in [5, 5.41) is 3.94. The number of nitrogens with zero attached hydrogens (tertiary/aromatic N) is 1. The molecular formula is C20H17NO4S. The highest BCUT2D eigenvalue weighted by Crippen LogP contribution is 2.26. The Morgan fingerprint density at radius 3 is 2.54 bits per heavy atom. The lowest BCUT2D eigenvalue weighted by Crippen LogP contribution is -2.14. The number of Topliss-reactive ketones (excluding diaryl/α,β-unsaturated/α-hetero) is 1. The van der Waals surface area contributed by atoms with Crippen LogP contribution < -0.4 is 0 Å². The third-order valence-electron chi connectivity index (χ3n) is 3.59. The predicted octanol–water partition coefficient (Wildman–Crippen LogP) is 4.32. The normalized spacial score (nSPS) is 10.5. The van der Waals surface area contributed by atoms with E-state index in [4.69, 9.17) is 9.26 Å². The van der Waals surface area contributed by atoms with Gasteiger partial charge in [0.15, 0.2) is 12.4 Å². The van der Waals surface area contributed by atoms with Gasteiger partial charge in [-0.15, -0.1) is 11.8 Å². The topological polar surface area (TPSA) is 69.4 Å². The van der Waals surface area contributed by atoms with Crippen LogP contribution in [0, 0.1) is 6.92 Å².